The van der Waals surface area contributed by atoms with Crippen molar-refractivity contribution in [1.29, 1.82) is 0 Å². The number of nitrogens with zero attached hydrogens (tertiary/aromatic N) is 2. The predicted molar refractivity (Wildman–Crippen MR) is 236 cm³/mol. The van der Waals surface area contributed by atoms with E-state index in [-0.39, 0.29) is 0 Å². The Balaban J connectivity index is 0.983. The number of aryl methyl sites for hydroxylation is 1. The molecule has 2 nitrogen and oxygen atoms in total. The summed E-state index contributed by atoms with van der Waals surface area (Å²) < 4.78 is 7.61. The normalized spacial score (nSPS) is 13.1. The standard InChI is InChI=1S/C52H34N2S/c1-2-13-37(14-3-1)53-47-20-7-4-15-40(47)44-31-33(25-28-49(44)53)34-26-29-50-45(32-34)41-16-5-8-21-48(41)54(50)46-22-10-12-35-30-36(24-27-38(35)46)39-18-11-19-43-42-17-6-9-23-51(42)55-52(39)43/h1-9,11,13-32H,10,12H2. The Morgan fingerprint density at radius 2 is 1.00 bits per heavy atom. The molecule has 0 unspecified atom stereocenters. The molecule has 0 spiro atoms. The van der Waals surface area contributed by atoms with Crippen LogP contribution >= 0.6 is 11.3 Å². The summed E-state index contributed by atoms with van der Waals surface area (Å²) >= 11 is 1.91. The van der Waals surface area contributed by atoms with Gasteiger partial charge in [-0.15, -0.1) is 11.3 Å². The fraction of sp³-hybridized carbons (Fsp3) is 0.0385. The molecule has 12 rings (SSSR count). The number of aromatic nitrogens is 2. The Morgan fingerprint density at radius 1 is 0.400 bits per heavy atom. The first-order valence-corrected chi connectivity index (χ1v) is 20.0. The lowest BCUT2D eigenvalue weighted by atomic mass is 9.90. The molecule has 0 N–H and O–H groups in total. The number of hydrogen-bond donors (Lipinski definition) is 0. The molecule has 0 aliphatic heterocycles. The molecule has 0 bridgehead atoms. The van der Waals surface area contributed by atoms with Crippen molar-refractivity contribution < 1.29 is 0 Å². The minimum absolute atomic E-state index is 1.02. The van der Waals surface area contributed by atoms with Gasteiger partial charge in [0, 0.05) is 58.7 Å². The molecular weight excluding hydrogens is 685 g/mol. The van der Waals surface area contributed by atoms with Gasteiger partial charge in [0.2, 0.25) is 0 Å². The van der Waals surface area contributed by atoms with Crippen LogP contribution in [0, 0.1) is 0 Å². The molecule has 0 saturated heterocycles. The van der Waals surface area contributed by atoms with Crippen molar-refractivity contribution in [2.24, 2.45) is 0 Å². The zero-order valence-electron chi connectivity index (χ0n) is 30.0. The molecule has 1 aliphatic carbocycles. The van der Waals surface area contributed by atoms with Gasteiger partial charge in [0.15, 0.2) is 0 Å². The van der Waals surface area contributed by atoms with Crippen molar-refractivity contribution in [2.45, 2.75) is 12.8 Å². The quantitative estimate of drug-likeness (QED) is 0.171. The maximum Gasteiger partial charge on any atom is 0.0541 e. The fourth-order valence-electron chi connectivity index (χ4n) is 9.30. The van der Waals surface area contributed by atoms with Crippen molar-refractivity contribution in [2.75, 3.05) is 0 Å². The second kappa shape index (κ2) is 11.9. The van der Waals surface area contributed by atoms with Crippen LogP contribution in [-0.4, -0.2) is 9.13 Å². The maximum atomic E-state index is 2.51. The van der Waals surface area contributed by atoms with E-state index in [1.807, 2.05) is 11.3 Å². The minimum atomic E-state index is 1.02. The van der Waals surface area contributed by atoms with Crippen LogP contribution in [0.4, 0.5) is 0 Å². The highest BCUT2D eigenvalue weighted by Crippen LogP contribution is 2.43. The molecule has 0 saturated carbocycles. The summed E-state index contributed by atoms with van der Waals surface area (Å²) in [4.78, 5) is 0. The van der Waals surface area contributed by atoms with Crippen molar-refractivity contribution >= 4 is 80.8 Å². The Morgan fingerprint density at radius 3 is 1.76 bits per heavy atom. The Labute approximate surface area is 322 Å². The second-order valence-electron chi connectivity index (χ2n) is 14.8. The third-order valence-electron chi connectivity index (χ3n) is 11.8. The number of hydrogen-bond acceptors (Lipinski definition) is 1. The topological polar surface area (TPSA) is 9.86 Å². The molecule has 55 heavy (non-hydrogen) atoms. The van der Waals surface area contributed by atoms with Gasteiger partial charge in [0.1, 0.15) is 0 Å². The molecule has 258 valence electrons. The molecule has 0 radical (unpaired) electrons. The zero-order valence-corrected chi connectivity index (χ0v) is 30.9. The van der Waals surface area contributed by atoms with Crippen LogP contribution in [0.1, 0.15) is 17.5 Å². The van der Waals surface area contributed by atoms with Gasteiger partial charge in [0.05, 0.1) is 22.1 Å². The zero-order chi connectivity index (χ0) is 36.0. The summed E-state index contributed by atoms with van der Waals surface area (Å²) in [6.07, 6.45) is 4.51. The lowest BCUT2D eigenvalue weighted by molar-refractivity contribution is 0.958. The van der Waals surface area contributed by atoms with Gasteiger partial charge in [-0.3, -0.25) is 0 Å². The Hall–Kier alpha value is -6.68. The van der Waals surface area contributed by atoms with E-state index < -0.39 is 0 Å². The lowest BCUT2D eigenvalue weighted by Gasteiger charge is -2.22. The van der Waals surface area contributed by atoms with Crippen LogP contribution in [0.2, 0.25) is 0 Å². The smallest absolute Gasteiger partial charge is 0.0541 e. The molecule has 3 heteroatoms. The predicted octanol–water partition coefficient (Wildman–Crippen LogP) is 14.4. The molecule has 0 amide bonds. The summed E-state index contributed by atoms with van der Waals surface area (Å²) in [5, 5.41) is 7.79. The number of allylic oxidation sites excluding steroid dienone is 1. The van der Waals surface area contributed by atoms with Gasteiger partial charge >= 0.3 is 0 Å². The minimum Gasteiger partial charge on any atom is -0.309 e. The third-order valence-corrected chi connectivity index (χ3v) is 13.0. The van der Waals surface area contributed by atoms with Crippen molar-refractivity contribution in [1.82, 2.24) is 9.13 Å². The number of thiophene rings is 1. The summed E-state index contributed by atoms with van der Waals surface area (Å²) in [6.45, 7) is 0. The first-order valence-electron chi connectivity index (χ1n) is 19.2. The molecule has 8 aromatic carbocycles. The van der Waals surface area contributed by atoms with Crippen molar-refractivity contribution in [3.05, 3.63) is 193 Å². The van der Waals surface area contributed by atoms with E-state index >= 15 is 0 Å². The molecule has 3 aromatic heterocycles. The second-order valence-corrected chi connectivity index (χ2v) is 15.8. The fourth-order valence-corrected chi connectivity index (χ4v) is 10.5. The average Bonchev–Trinajstić information content (AvgIpc) is 3.91. The van der Waals surface area contributed by atoms with E-state index in [1.165, 1.54) is 109 Å². The highest BCUT2D eigenvalue weighted by atomic mass is 32.1. The van der Waals surface area contributed by atoms with E-state index in [1.54, 1.807) is 0 Å². The van der Waals surface area contributed by atoms with Gasteiger partial charge in [-0.1, -0.05) is 127 Å². The number of benzene rings is 8. The van der Waals surface area contributed by atoms with Gasteiger partial charge in [-0.2, -0.15) is 0 Å². The summed E-state index contributed by atoms with van der Waals surface area (Å²) in [6, 6.07) is 65.1. The van der Waals surface area contributed by atoms with Crippen LogP contribution in [0.5, 0.6) is 0 Å². The summed E-state index contributed by atoms with van der Waals surface area (Å²) in [7, 11) is 0. The van der Waals surface area contributed by atoms with E-state index in [0.717, 1.165) is 12.8 Å². The van der Waals surface area contributed by atoms with Crippen LogP contribution in [0.3, 0.4) is 0 Å². The molecule has 3 heterocycles. The molecule has 0 fully saturated rings. The Kier molecular flexibility index (Phi) is 6.66. The highest BCUT2D eigenvalue weighted by molar-refractivity contribution is 7.26. The van der Waals surface area contributed by atoms with E-state index in [9.17, 15) is 0 Å². The van der Waals surface area contributed by atoms with Crippen LogP contribution in [0.25, 0.3) is 97.4 Å². The van der Waals surface area contributed by atoms with E-state index in [4.69, 9.17) is 0 Å². The number of fused-ring (bicyclic) bond motifs is 10. The van der Waals surface area contributed by atoms with Crippen LogP contribution < -0.4 is 0 Å². The van der Waals surface area contributed by atoms with Crippen molar-refractivity contribution in [3.8, 4) is 27.9 Å². The monoisotopic (exact) mass is 718 g/mol. The molecular formula is C52H34N2S. The molecule has 0 atom stereocenters. The van der Waals surface area contributed by atoms with Crippen LogP contribution in [0.15, 0.2) is 182 Å². The number of para-hydroxylation sites is 3. The van der Waals surface area contributed by atoms with Gasteiger partial charge in [0.25, 0.3) is 0 Å². The van der Waals surface area contributed by atoms with E-state index in [2.05, 4.69) is 191 Å². The largest absolute Gasteiger partial charge is 0.309 e. The van der Waals surface area contributed by atoms with Crippen LogP contribution in [-0.2, 0) is 6.42 Å². The molecule has 11 aromatic rings. The van der Waals surface area contributed by atoms with Gasteiger partial charge < -0.3 is 9.13 Å². The third kappa shape index (κ3) is 4.60. The Bertz CT molecular complexity index is 3370. The summed E-state index contributed by atoms with van der Waals surface area (Å²) in [5.74, 6) is 0. The molecule has 1 aliphatic rings. The maximum absolute atomic E-state index is 2.51. The van der Waals surface area contributed by atoms with Gasteiger partial charge in [-0.25, -0.2) is 0 Å². The number of rotatable bonds is 4. The lowest BCUT2D eigenvalue weighted by Crippen LogP contribution is -2.07. The first-order chi connectivity index (χ1) is 27.3. The first kappa shape index (κ1) is 30.7. The van der Waals surface area contributed by atoms with Crippen molar-refractivity contribution in [3.63, 3.8) is 0 Å². The van der Waals surface area contributed by atoms with E-state index in [0.29, 0.717) is 0 Å². The highest BCUT2D eigenvalue weighted by Gasteiger charge is 2.21. The summed E-state index contributed by atoms with van der Waals surface area (Å²) in [5.41, 5.74) is 15.2. The van der Waals surface area contributed by atoms with Gasteiger partial charge in [-0.05, 0) is 95.3 Å². The average molecular weight is 719 g/mol. The SMILES string of the molecule is C1=C(n2c3ccccc3c3cc(-c4ccc5c(c4)c4ccccc4n5-c4ccccc4)ccc32)c2ccc(-c3cccc4c3sc3ccccc34)cc2CC1.